The standard InChI is InChI=1S/C18H19BCl2O2/c1-2-3-13-11-22-19(23-12-13)16-6-4-14(5-7-16)15-8-17(20)10-18(21)9-15/h4-10,13H,2-3,11-12H2,1H3. The summed E-state index contributed by atoms with van der Waals surface area (Å²) in [5.41, 5.74) is 3.11. The highest BCUT2D eigenvalue weighted by Gasteiger charge is 2.28. The number of halogens is 2. The third-order valence-corrected chi connectivity index (χ3v) is 4.48. The predicted molar refractivity (Wildman–Crippen MR) is 97.6 cm³/mol. The lowest BCUT2D eigenvalue weighted by Gasteiger charge is -2.27. The molecule has 3 rings (SSSR count). The molecule has 1 aliphatic rings. The summed E-state index contributed by atoms with van der Waals surface area (Å²) in [7, 11) is -0.264. The molecule has 1 fully saturated rings. The number of rotatable bonds is 4. The van der Waals surface area contributed by atoms with Crippen molar-refractivity contribution in [2.75, 3.05) is 13.2 Å². The second-order valence-corrected chi connectivity index (χ2v) is 6.81. The van der Waals surface area contributed by atoms with E-state index in [0.29, 0.717) is 16.0 Å². The van der Waals surface area contributed by atoms with Gasteiger partial charge in [-0.1, -0.05) is 60.8 Å². The summed E-state index contributed by atoms with van der Waals surface area (Å²) in [5.74, 6) is 0.518. The van der Waals surface area contributed by atoms with Gasteiger partial charge in [0.15, 0.2) is 0 Å². The van der Waals surface area contributed by atoms with Crippen LogP contribution in [-0.4, -0.2) is 20.3 Å². The Kier molecular flexibility index (Phi) is 5.65. The molecular weight excluding hydrogens is 330 g/mol. The van der Waals surface area contributed by atoms with E-state index in [0.717, 1.165) is 36.2 Å². The normalized spacial score (nSPS) is 15.9. The fraction of sp³-hybridized carbons (Fsp3) is 0.333. The van der Waals surface area contributed by atoms with Crippen molar-refractivity contribution in [1.29, 1.82) is 0 Å². The van der Waals surface area contributed by atoms with Crippen molar-refractivity contribution in [2.45, 2.75) is 19.8 Å². The van der Waals surface area contributed by atoms with Crippen LogP contribution < -0.4 is 5.46 Å². The molecular formula is C18H19BCl2O2. The maximum Gasteiger partial charge on any atom is 0.493 e. The summed E-state index contributed by atoms with van der Waals surface area (Å²) in [4.78, 5) is 0. The third kappa shape index (κ3) is 4.30. The maximum atomic E-state index is 6.07. The molecule has 1 heterocycles. The molecule has 5 heteroatoms. The van der Waals surface area contributed by atoms with Crippen molar-refractivity contribution in [3.63, 3.8) is 0 Å². The van der Waals surface area contributed by atoms with Crippen LogP contribution in [0.3, 0.4) is 0 Å². The summed E-state index contributed by atoms with van der Waals surface area (Å²) in [6.45, 7) is 3.72. The van der Waals surface area contributed by atoms with E-state index in [1.54, 1.807) is 6.07 Å². The summed E-state index contributed by atoms with van der Waals surface area (Å²) >= 11 is 12.1. The molecule has 0 amide bonds. The van der Waals surface area contributed by atoms with Gasteiger partial charge in [0.1, 0.15) is 0 Å². The minimum Gasteiger partial charge on any atom is -0.407 e. The Labute approximate surface area is 147 Å². The Morgan fingerprint density at radius 1 is 0.957 bits per heavy atom. The van der Waals surface area contributed by atoms with Crippen LogP contribution in [0.25, 0.3) is 11.1 Å². The predicted octanol–water partition coefficient (Wildman–Crippen LogP) is 4.82. The van der Waals surface area contributed by atoms with Crippen LogP contribution in [0.4, 0.5) is 0 Å². The molecule has 0 saturated carbocycles. The minimum atomic E-state index is -0.264. The summed E-state index contributed by atoms with van der Waals surface area (Å²) in [5, 5.41) is 1.27. The van der Waals surface area contributed by atoms with Gasteiger partial charge in [-0.2, -0.15) is 0 Å². The lowest BCUT2D eigenvalue weighted by molar-refractivity contribution is 0.0821. The van der Waals surface area contributed by atoms with E-state index in [1.807, 2.05) is 36.4 Å². The van der Waals surface area contributed by atoms with Crippen molar-refractivity contribution in [1.82, 2.24) is 0 Å². The van der Waals surface area contributed by atoms with Crippen LogP contribution >= 0.6 is 23.2 Å². The van der Waals surface area contributed by atoms with Gasteiger partial charge in [0.25, 0.3) is 0 Å². The first-order chi connectivity index (χ1) is 11.2. The Bertz CT molecular complexity index is 632. The van der Waals surface area contributed by atoms with E-state index in [-0.39, 0.29) is 7.12 Å². The van der Waals surface area contributed by atoms with Gasteiger partial charge in [0.05, 0.1) is 0 Å². The summed E-state index contributed by atoms with van der Waals surface area (Å²) in [6.07, 6.45) is 2.32. The Morgan fingerprint density at radius 3 is 2.13 bits per heavy atom. The van der Waals surface area contributed by atoms with Crippen LogP contribution in [0.2, 0.25) is 10.0 Å². The topological polar surface area (TPSA) is 18.5 Å². The van der Waals surface area contributed by atoms with Gasteiger partial charge < -0.3 is 9.31 Å². The second-order valence-electron chi connectivity index (χ2n) is 5.93. The molecule has 0 radical (unpaired) electrons. The van der Waals surface area contributed by atoms with Crippen LogP contribution in [0.1, 0.15) is 19.8 Å². The van der Waals surface area contributed by atoms with E-state index in [4.69, 9.17) is 32.5 Å². The zero-order valence-electron chi connectivity index (χ0n) is 13.1. The first-order valence-corrected chi connectivity index (χ1v) is 8.71. The van der Waals surface area contributed by atoms with E-state index in [1.165, 1.54) is 6.42 Å². The molecule has 0 unspecified atom stereocenters. The highest BCUT2D eigenvalue weighted by Crippen LogP contribution is 2.27. The van der Waals surface area contributed by atoms with Crippen LogP contribution in [0, 0.1) is 5.92 Å². The van der Waals surface area contributed by atoms with Gasteiger partial charge in [-0.3, -0.25) is 0 Å². The van der Waals surface area contributed by atoms with E-state index >= 15 is 0 Å². The zero-order chi connectivity index (χ0) is 16.2. The SMILES string of the molecule is CCCC1COB(c2ccc(-c3cc(Cl)cc(Cl)c3)cc2)OC1. The first-order valence-electron chi connectivity index (χ1n) is 7.95. The lowest BCUT2D eigenvalue weighted by Crippen LogP contribution is -2.44. The minimum absolute atomic E-state index is 0.264. The largest absolute Gasteiger partial charge is 0.493 e. The fourth-order valence-electron chi connectivity index (χ4n) is 2.86. The van der Waals surface area contributed by atoms with Crippen LogP contribution in [-0.2, 0) is 9.31 Å². The van der Waals surface area contributed by atoms with Crippen LogP contribution in [0.15, 0.2) is 42.5 Å². The second kappa shape index (κ2) is 7.72. The molecule has 23 heavy (non-hydrogen) atoms. The van der Waals surface area contributed by atoms with Gasteiger partial charge in [0.2, 0.25) is 0 Å². The third-order valence-electron chi connectivity index (χ3n) is 4.04. The molecule has 2 nitrogen and oxygen atoms in total. The highest BCUT2D eigenvalue weighted by atomic mass is 35.5. The van der Waals surface area contributed by atoms with E-state index in [2.05, 4.69) is 6.92 Å². The molecule has 0 spiro atoms. The van der Waals surface area contributed by atoms with E-state index in [9.17, 15) is 0 Å². The molecule has 120 valence electrons. The van der Waals surface area contributed by atoms with Gasteiger partial charge in [-0.15, -0.1) is 0 Å². The quantitative estimate of drug-likeness (QED) is 0.737. The Hall–Kier alpha value is -0.995. The average Bonchev–Trinajstić information content (AvgIpc) is 2.55. The highest BCUT2D eigenvalue weighted by molar-refractivity contribution is 6.61. The Balaban J connectivity index is 1.70. The number of benzene rings is 2. The monoisotopic (exact) mass is 348 g/mol. The number of hydrogen-bond donors (Lipinski definition) is 0. The van der Waals surface area contributed by atoms with Crippen molar-refractivity contribution < 1.29 is 9.31 Å². The zero-order valence-corrected chi connectivity index (χ0v) is 14.6. The fourth-order valence-corrected chi connectivity index (χ4v) is 3.39. The molecule has 1 aliphatic heterocycles. The average molecular weight is 349 g/mol. The smallest absolute Gasteiger partial charge is 0.407 e. The molecule has 2 aromatic carbocycles. The molecule has 0 bridgehead atoms. The maximum absolute atomic E-state index is 6.07. The van der Waals surface area contributed by atoms with Gasteiger partial charge in [-0.05, 0) is 41.2 Å². The Morgan fingerprint density at radius 2 is 1.57 bits per heavy atom. The summed E-state index contributed by atoms with van der Waals surface area (Å²) in [6, 6.07) is 13.7. The van der Waals surface area contributed by atoms with Crippen molar-refractivity contribution in [2.24, 2.45) is 5.92 Å². The van der Waals surface area contributed by atoms with Crippen molar-refractivity contribution in [3.8, 4) is 11.1 Å². The molecule has 0 atom stereocenters. The lowest BCUT2D eigenvalue weighted by atomic mass is 9.77. The molecule has 1 saturated heterocycles. The molecule has 0 aliphatic carbocycles. The van der Waals surface area contributed by atoms with Gasteiger partial charge in [0, 0.05) is 29.2 Å². The van der Waals surface area contributed by atoms with Crippen LogP contribution in [0.5, 0.6) is 0 Å². The summed E-state index contributed by atoms with van der Waals surface area (Å²) < 4.78 is 11.7. The van der Waals surface area contributed by atoms with Gasteiger partial charge in [-0.25, -0.2) is 0 Å². The van der Waals surface area contributed by atoms with Crippen molar-refractivity contribution in [3.05, 3.63) is 52.5 Å². The number of hydrogen-bond acceptors (Lipinski definition) is 2. The van der Waals surface area contributed by atoms with E-state index < -0.39 is 0 Å². The van der Waals surface area contributed by atoms with Crippen molar-refractivity contribution >= 4 is 35.8 Å². The van der Waals surface area contributed by atoms with Gasteiger partial charge >= 0.3 is 7.12 Å². The first kappa shape index (κ1) is 16.8. The molecule has 0 N–H and O–H groups in total. The molecule has 2 aromatic rings. The molecule has 0 aromatic heterocycles.